The molecule has 2 heterocycles. The monoisotopic (exact) mass is 142 g/mol. The lowest BCUT2D eigenvalue weighted by Crippen LogP contribution is -2.51. The van der Waals surface area contributed by atoms with E-state index in [4.69, 9.17) is 0 Å². The molecule has 0 aromatic heterocycles. The molecule has 2 atom stereocenters. The number of hydrogen-bond donors (Lipinski definition) is 3. The summed E-state index contributed by atoms with van der Waals surface area (Å²) in [5, 5.41) is 8.95. The highest BCUT2D eigenvalue weighted by atomic mass is 15.7. The molecule has 2 saturated heterocycles. The molecule has 10 heavy (non-hydrogen) atoms. The lowest BCUT2D eigenvalue weighted by atomic mass is 10.3. The van der Waals surface area contributed by atoms with Gasteiger partial charge in [-0.15, -0.1) is 0 Å². The van der Waals surface area contributed by atoms with Gasteiger partial charge in [-0.05, 0) is 19.9 Å². The second-order valence-electron chi connectivity index (χ2n) is 2.95. The number of nitrogens with zero attached hydrogens (tertiary/aromatic N) is 1. The highest BCUT2D eigenvalue weighted by molar-refractivity contribution is 4.80. The van der Waals surface area contributed by atoms with Gasteiger partial charge in [0.2, 0.25) is 0 Å². The smallest absolute Gasteiger partial charge is 0.0772 e. The maximum Gasteiger partial charge on any atom is 0.0772 e. The highest BCUT2D eigenvalue weighted by Gasteiger charge is 2.29. The minimum Gasteiger partial charge on any atom is -0.303 e. The molecule has 0 aromatic rings. The molecule has 4 nitrogen and oxygen atoms in total. The van der Waals surface area contributed by atoms with Crippen molar-refractivity contribution in [3.8, 4) is 0 Å². The summed E-state index contributed by atoms with van der Waals surface area (Å²) >= 11 is 0. The molecular weight excluding hydrogens is 128 g/mol. The molecule has 0 aromatic carbocycles. The Balaban J connectivity index is 1.97. The third-order valence-corrected chi connectivity index (χ3v) is 2.05. The van der Waals surface area contributed by atoms with Gasteiger partial charge in [0, 0.05) is 0 Å². The summed E-state index contributed by atoms with van der Waals surface area (Å²) in [7, 11) is 0. The minimum atomic E-state index is 0.435. The number of rotatable bonds is 0. The second kappa shape index (κ2) is 2.47. The van der Waals surface area contributed by atoms with E-state index in [1.807, 2.05) is 0 Å². The van der Waals surface area contributed by atoms with Gasteiger partial charge in [-0.1, -0.05) is 0 Å². The van der Waals surface area contributed by atoms with Crippen LogP contribution in [0.25, 0.3) is 0 Å². The molecule has 0 aliphatic carbocycles. The standard InChI is InChI=1S/C6H14N4/c1-5-8-6-2-3-7-4-10(6)9-5/h5-9H,2-4H2,1H3/t5-,6?/m1/s1. The van der Waals surface area contributed by atoms with Gasteiger partial charge < -0.3 is 5.32 Å². The van der Waals surface area contributed by atoms with Crippen molar-refractivity contribution in [2.24, 2.45) is 0 Å². The van der Waals surface area contributed by atoms with Crippen molar-refractivity contribution < 1.29 is 0 Å². The van der Waals surface area contributed by atoms with Crippen LogP contribution in [0.1, 0.15) is 13.3 Å². The van der Waals surface area contributed by atoms with Gasteiger partial charge in [0.1, 0.15) is 0 Å². The van der Waals surface area contributed by atoms with Crippen molar-refractivity contribution in [1.29, 1.82) is 0 Å². The summed E-state index contributed by atoms with van der Waals surface area (Å²) in [5.41, 5.74) is 3.32. The highest BCUT2D eigenvalue weighted by Crippen LogP contribution is 2.07. The van der Waals surface area contributed by atoms with E-state index < -0.39 is 0 Å². The minimum absolute atomic E-state index is 0.435. The van der Waals surface area contributed by atoms with Gasteiger partial charge in [-0.25, -0.2) is 10.4 Å². The van der Waals surface area contributed by atoms with Crippen molar-refractivity contribution >= 4 is 0 Å². The molecule has 58 valence electrons. The molecule has 0 spiro atoms. The first-order chi connectivity index (χ1) is 4.86. The fourth-order valence-corrected chi connectivity index (χ4v) is 1.59. The van der Waals surface area contributed by atoms with Crippen LogP contribution in [0.2, 0.25) is 0 Å². The zero-order valence-corrected chi connectivity index (χ0v) is 6.22. The fourth-order valence-electron chi connectivity index (χ4n) is 1.59. The Morgan fingerprint density at radius 1 is 1.50 bits per heavy atom. The number of nitrogens with one attached hydrogen (secondary N) is 3. The van der Waals surface area contributed by atoms with Crippen LogP contribution in [0.5, 0.6) is 0 Å². The molecular formula is C6H14N4. The van der Waals surface area contributed by atoms with Gasteiger partial charge >= 0.3 is 0 Å². The Morgan fingerprint density at radius 3 is 3.20 bits per heavy atom. The van der Waals surface area contributed by atoms with Crippen molar-refractivity contribution in [3.63, 3.8) is 0 Å². The summed E-state index contributed by atoms with van der Waals surface area (Å²) < 4.78 is 0. The normalized spacial score (nSPS) is 41.7. The van der Waals surface area contributed by atoms with E-state index in [1.165, 1.54) is 6.42 Å². The van der Waals surface area contributed by atoms with Crippen LogP contribution in [0, 0.1) is 0 Å². The van der Waals surface area contributed by atoms with Gasteiger partial charge in [0.05, 0.1) is 19.0 Å². The predicted octanol–water partition coefficient (Wildman–Crippen LogP) is -0.981. The quantitative estimate of drug-likeness (QED) is 0.406. The van der Waals surface area contributed by atoms with E-state index in [2.05, 4.69) is 28.0 Å². The summed E-state index contributed by atoms with van der Waals surface area (Å²) in [6.45, 7) is 4.23. The van der Waals surface area contributed by atoms with Crippen molar-refractivity contribution in [2.45, 2.75) is 25.7 Å². The first-order valence-corrected chi connectivity index (χ1v) is 3.86. The molecule has 0 amide bonds. The molecule has 4 heteroatoms. The summed E-state index contributed by atoms with van der Waals surface area (Å²) in [5.74, 6) is 0. The Morgan fingerprint density at radius 2 is 2.40 bits per heavy atom. The molecule has 0 saturated carbocycles. The molecule has 1 unspecified atom stereocenters. The zero-order chi connectivity index (χ0) is 6.97. The average Bonchev–Trinajstić information content (AvgIpc) is 2.27. The van der Waals surface area contributed by atoms with Crippen LogP contribution in [-0.2, 0) is 0 Å². The molecule has 2 fully saturated rings. The fraction of sp³-hybridized carbons (Fsp3) is 1.00. The van der Waals surface area contributed by atoms with Crippen LogP contribution in [0.3, 0.4) is 0 Å². The summed E-state index contributed by atoms with van der Waals surface area (Å²) in [6, 6.07) is 0. The molecule has 2 aliphatic rings. The van der Waals surface area contributed by atoms with Gasteiger partial charge in [-0.3, -0.25) is 5.32 Å². The van der Waals surface area contributed by atoms with Crippen LogP contribution in [0.4, 0.5) is 0 Å². The van der Waals surface area contributed by atoms with Gasteiger partial charge in [0.15, 0.2) is 0 Å². The Bertz CT molecular complexity index is 113. The van der Waals surface area contributed by atoms with E-state index in [0.717, 1.165) is 13.2 Å². The first-order valence-electron chi connectivity index (χ1n) is 3.86. The van der Waals surface area contributed by atoms with Crippen LogP contribution in [-0.4, -0.2) is 30.6 Å². The van der Waals surface area contributed by atoms with Crippen LogP contribution in [0.15, 0.2) is 0 Å². The van der Waals surface area contributed by atoms with E-state index in [1.54, 1.807) is 0 Å². The predicted molar refractivity (Wildman–Crippen MR) is 38.8 cm³/mol. The molecule has 0 bridgehead atoms. The van der Waals surface area contributed by atoms with Crippen LogP contribution < -0.4 is 16.1 Å². The number of hydrogen-bond acceptors (Lipinski definition) is 4. The topological polar surface area (TPSA) is 39.3 Å². The molecule has 3 N–H and O–H groups in total. The largest absolute Gasteiger partial charge is 0.303 e. The van der Waals surface area contributed by atoms with E-state index >= 15 is 0 Å². The molecule has 2 aliphatic heterocycles. The van der Waals surface area contributed by atoms with Crippen molar-refractivity contribution in [2.75, 3.05) is 13.2 Å². The zero-order valence-electron chi connectivity index (χ0n) is 6.22. The number of hydrazine groups is 1. The Labute approximate surface area is 60.9 Å². The summed E-state index contributed by atoms with van der Waals surface area (Å²) in [4.78, 5) is 0. The summed E-state index contributed by atoms with van der Waals surface area (Å²) in [6.07, 6.45) is 2.18. The Hall–Kier alpha value is -0.160. The second-order valence-corrected chi connectivity index (χ2v) is 2.95. The van der Waals surface area contributed by atoms with E-state index in [-0.39, 0.29) is 0 Å². The van der Waals surface area contributed by atoms with Gasteiger partial charge in [0.25, 0.3) is 0 Å². The van der Waals surface area contributed by atoms with Crippen molar-refractivity contribution in [3.05, 3.63) is 0 Å². The number of fused-ring (bicyclic) bond motifs is 1. The third-order valence-electron chi connectivity index (χ3n) is 2.05. The van der Waals surface area contributed by atoms with Crippen molar-refractivity contribution in [1.82, 2.24) is 21.1 Å². The molecule has 2 rings (SSSR count). The average molecular weight is 142 g/mol. The SMILES string of the molecule is C[C@@H]1NC2CCNCN2N1. The Kier molecular flexibility index (Phi) is 1.61. The van der Waals surface area contributed by atoms with E-state index in [9.17, 15) is 0 Å². The maximum atomic E-state index is 3.43. The maximum absolute atomic E-state index is 3.43. The first kappa shape index (κ1) is 6.54. The van der Waals surface area contributed by atoms with Crippen LogP contribution >= 0.6 is 0 Å². The van der Waals surface area contributed by atoms with E-state index in [0.29, 0.717) is 12.3 Å². The third kappa shape index (κ3) is 1.03. The van der Waals surface area contributed by atoms with Gasteiger partial charge in [-0.2, -0.15) is 0 Å². The molecule has 0 radical (unpaired) electrons. The lowest BCUT2D eigenvalue weighted by molar-refractivity contribution is 0.124. The lowest BCUT2D eigenvalue weighted by Gasteiger charge is -2.28.